The van der Waals surface area contributed by atoms with Crippen LogP contribution in [0.3, 0.4) is 0 Å². The summed E-state index contributed by atoms with van der Waals surface area (Å²) in [4.78, 5) is 9.46. The predicted octanol–water partition coefficient (Wildman–Crippen LogP) is 11.9. The molecule has 0 amide bonds. The van der Waals surface area contributed by atoms with E-state index in [1.807, 2.05) is 46.0 Å². The van der Waals surface area contributed by atoms with Crippen LogP contribution in [0.5, 0.6) is 0 Å². The number of aromatic nitrogens is 2. The largest absolute Gasteiger partial charge is 0.367 e. The SMILES string of the molecule is C[n+]1ccccc1C=Cc1ccc(N(CCCCSSCCCCN(Cc2ccccc2)c2ccc(C=Cc3ccccn3)cc2)Cc2ccccc2)cc1. The lowest BCUT2D eigenvalue weighted by molar-refractivity contribution is -0.673. The maximum absolute atomic E-state index is 4.40. The van der Waals surface area contributed by atoms with Gasteiger partial charge in [0.2, 0.25) is 5.69 Å². The monoisotopic (exact) mass is 761 g/mol. The number of hydrogen-bond acceptors (Lipinski definition) is 5. The molecule has 0 atom stereocenters. The first-order chi connectivity index (χ1) is 27.2. The van der Waals surface area contributed by atoms with Gasteiger partial charge in [0.1, 0.15) is 7.05 Å². The van der Waals surface area contributed by atoms with Crippen molar-refractivity contribution in [1.82, 2.24) is 4.98 Å². The zero-order chi connectivity index (χ0) is 37.8. The van der Waals surface area contributed by atoms with Crippen molar-refractivity contribution >= 4 is 57.3 Å². The molecule has 4 aromatic carbocycles. The second kappa shape index (κ2) is 22.4. The number of rotatable bonds is 21. The molecule has 0 spiro atoms. The van der Waals surface area contributed by atoms with E-state index in [4.69, 9.17) is 0 Å². The maximum atomic E-state index is 4.40. The molecule has 0 N–H and O–H groups in total. The van der Waals surface area contributed by atoms with E-state index in [9.17, 15) is 0 Å². The van der Waals surface area contributed by atoms with Crippen molar-refractivity contribution in [2.24, 2.45) is 7.05 Å². The van der Waals surface area contributed by atoms with E-state index < -0.39 is 0 Å². The lowest BCUT2D eigenvalue weighted by Crippen LogP contribution is -2.30. The molecular formula is C49H53N4S2+. The van der Waals surface area contributed by atoms with E-state index >= 15 is 0 Å². The number of anilines is 2. The van der Waals surface area contributed by atoms with Crippen molar-refractivity contribution in [3.05, 3.63) is 192 Å². The Morgan fingerprint density at radius 1 is 0.509 bits per heavy atom. The fourth-order valence-corrected chi connectivity index (χ4v) is 8.69. The summed E-state index contributed by atoms with van der Waals surface area (Å²) in [5.74, 6) is 2.37. The van der Waals surface area contributed by atoms with Crippen molar-refractivity contribution in [2.45, 2.75) is 38.8 Å². The Morgan fingerprint density at radius 3 is 1.53 bits per heavy atom. The van der Waals surface area contributed by atoms with E-state index in [2.05, 4.69) is 184 Å². The van der Waals surface area contributed by atoms with Crippen molar-refractivity contribution in [1.29, 1.82) is 0 Å². The summed E-state index contributed by atoms with van der Waals surface area (Å²) >= 11 is 0. The van der Waals surface area contributed by atoms with Gasteiger partial charge in [0.25, 0.3) is 0 Å². The Bertz CT molecular complexity index is 2020. The molecule has 280 valence electrons. The van der Waals surface area contributed by atoms with Crippen LogP contribution in [0.15, 0.2) is 158 Å². The first-order valence-corrected chi connectivity index (χ1v) is 21.9. The molecule has 0 fully saturated rings. The van der Waals surface area contributed by atoms with Crippen LogP contribution < -0.4 is 14.4 Å². The lowest BCUT2D eigenvalue weighted by atomic mass is 10.1. The third-order valence-corrected chi connectivity index (χ3v) is 12.1. The van der Waals surface area contributed by atoms with Crippen LogP contribution in [0, 0.1) is 0 Å². The van der Waals surface area contributed by atoms with Gasteiger partial charge in [-0.1, -0.05) is 119 Å². The predicted molar refractivity (Wildman–Crippen MR) is 241 cm³/mol. The molecule has 0 saturated heterocycles. The van der Waals surface area contributed by atoms with Gasteiger partial charge in [-0.3, -0.25) is 4.98 Å². The lowest BCUT2D eigenvalue weighted by Gasteiger charge is -2.25. The molecule has 0 bridgehead atoms. The second-order valence-electron chi connectivity index (χ2n) is 13.7. The van der Waals surface area contributed by atoms with Gasteiger partial charge in [0.05, 0.1) is 5.69 Å². The highest BCUT2D eigenvalue weighted by atomic mass is 33.1. The topological polar surface area (TPSA) is 23.2 Å². The Hall–Kier alpha value is -5.04. The van der Waals surface area contributed by atoms with Crippen LogP contribution >= 0.6 is 21.6 Å². The average Bonchev–Trinajstić information content (AvgIpc) is 3.24. The van der Waals surface area contributed by atoms with E-state index in [-0.39, 0.29) is 0 Å². The number of nitrogens with zero attached hydrogens (tertiary/aromatic N) is 4. The van der Waals surface area contributed by atoms with Crippen LogP contribution in [0.4, 0.5) is 11.4 Å². The number of benzene rings is 4. The van der Waals surface area contributed by atoms with Crippen molar-refractivity contribution < 1.29 is 4.57 Å². The molecule has 0 aliphatic heterocycles. The standard InChI is InChI=1S/C49H53N4S2/c1-51-35-11-9-21-47(51)29-23-43-26-32-49(33-27-43)53(41-45-18-6-3-7-19-45)37-13-15-39-55-54-38-14-12-36-52(40-44-16-4-2-5-17-44)48-30-24-42(25-31-48)22-28-46-20-8-10-34-50-46/h2-11,16-35H,12-15,36-41H2,1H3/q+1. The highest BCUT2D eigenvalue weighted by Gasteiger charge is 2.10. The van der Waals surface area contributed by atoms with Crippen LogP contribution in [0.1, 0.15) is 59.3 Å². The van der Waals surface area contributed by atoms with Crippen molar-refractivity contribution in [3.8, 4) is 0 Å². The Labute approximate surface area is 337 Å². The number of hydrogen-bond donors (Lipinski definition) is 0. The Morgan fingerprint density at radius 2 is 1.02 bits per heavy atom. The highest BCUT2D eigenvalue weighted by molar-refractivity contribution is 8.76. The molecule has 0 radical (unpaired) electrons. The minimum absolute atomic E-state index is 0.918. The first-order valence-electron chi connectivity index (χ1n) is 19.4. The molecule has 0 aliphatic rings. The maximum Gasteiger partial charge on any atom is 0.204 e. The van der Waals surface area contributed by atoms with Crippen LogP contribution in [0.2, 0.25) is 0 Å². The van der Waals surface area contributed by atoms with E-state index in [0.29, 0.717) is 0 Å². The van der Waals surface area contributed by atoms with Gasteiger partial charge in [0, 0.05) is 73.5 Å². The molecule has 0 unspecified atom stereocenters. The normalized spacial score (nSPS) is 11.4. The van der Waals surface area contributed by atoms with Crippen LogP contribution in [-0.4, -0.2) is 29.6 Å². The van der Waals surface area contributed by atoms with Gasteiger partial charge in [-0.15, -0.1) is 0 Å². The summed E-state index contributed by atoms with van der Waals surface area (Å²) in [6, 6.07) is 51.9. The molecule has 6 aromatic rings. The van der Waals surface area contributed by atoms with Gasteiger partial charge in [-0.2, -0.15) is 0 Å². The Balaban J connectivity index is 0.926. The molecule has 2 heterocycles. The van der Waals surface area contributed by atoms with Crippen molar-refractivity contribution in [2.75, 3.05) is 34.4 Å². The highest BCUT2D eigenvalue weighted by Crippen LogP contribution is 2.26. The smallest absolute Gasteiger partial charge is 0.204 e. The molecule has 55 heavy (non-hydrogen) atoms. The van der Waals surface area contributed by atoms with Crippen LogP contribution in [0.25, 0.3) is 24.3 Å². The molecular weight excluding hydrogens is 709 g/mol. The quantitative estimate of drug-likeness (QED) is 0.0413. The van der Waals surface area contributed by atoms with E-state index in [1.54, 1.807) is 0 Å². The molecule has 0 aliphatic carbocycles. The minimum atomic E-state index is 0.918. The zero-order valence-electron chi connectivity index (χ0n) is 32.0. The van der Waals surface area contributed by atoms with Gasteiger partial charge in [-0.05, 0) is 103 Å². The van der Waals surface area contributed by atoms with E-state index in [0.717, 1.165) is 31.9 Å². The fourth-order valence-electron chi connectivity index (χ4n) is 6.39. The van der Waals surface area contributed by atoms with Gasteiger partial charge < -0.3 is 9.80 Å². The summed E-state index contributed by atoms with van der Waals surface area (Å²) in [5.41, 5.74) is 9.79. The molecule has 6 rings (SSSR count). The summed E-state index contributed by atoms with van der Waals surface area (Å²) in [5, 5.41) is 0. The van der Waals surface area contributed by atoms with Gasteiger partial charge in [0.15, 0.2) is 6.20 Å². The number of pyridine rings is 2. The fraction of sp³-hybridized carbons (Fsp3) is 0.224. The molecule has 4 nitrogen and oxygen atoms in total. The summed E-state index contributed by atoms with van der Waals surface area (Å²) < 4.78 is 2.14. The van der Waals surface area contributed by atoms with Gasteiger partial charge in [-0.25, -0.2) is 4.57 Å². The van der Waals surface area contributed by atoms with Gasteiger partial charge >= 0.3 is 0 Å². The second-order valence-corrected chi connectivity index (χ2v) is 16.4. The molecule has 0 saturated carbocycles. The average molecular weight is 762 g/mol. The number of unbranched alkanes of at least 4 members (excludes halogenated alkanes) is 2. The molecule has 6 heteroatoms. The zero-order valence-corrected chi connectivity index (χ0v) is 33.6. The number of aryl methyl sites for hydroxylation is 1. The van der Waals surface area contributed by atoms with Crippen molar-refractivity contribution in [3.63, 3.8) is 0 Å². The summed E-state index contributed by atoms with van der Waals surface area (Å²) in [6.45, 7) is 3.94. The third-order valence-electron chi connectivity index (χ3n) is 9.52. The third kappa shape index (κ3) is 13.6. The molecule has 2 aromatic heterocycles. The Kier molecular flexibility index (Phi) is 16.1. The first kappa shape index (κ1) is 39.6. The summed E-state index contributed by atoms with van der Waals surface area (Å²) in [7, 11) is 6.15. The summed E-state index contributed by atoms with van der Waals surface area (Å²) in [6.07, 6.45) is 17.3. The minimum Gasteiger partial charge on any atom is -0.367 e. The van der Waals surface area contributed by atoms with Crippen LogP contribution in [-0.2, 0) is 20.1 Å². The van der Waals surface area contributed by atoms with E-state index in [1.165, 1.54) is 76.5 Å².